The highest BCUT2D eigenvalue weighted by Gasteiger charge is 2.46. The third-order valence-electron chi connectivity index (χ3n) is 5.62. The third kappa shape index (κ3) is 4.19. The Hall–Kier alpha value is -3.72. The van der Waals surface area contributed by atoms with E-state index in [9.17, 15) is 19.8 Å². The lowest BCUT2D eigenvalue weighted by Crippen LogP contribution is -2.31. The standard InChI is InChI=1S/C24H25NO8/c1-30-9-3-8-25-21(14-4-6-17(31-2)16(26)12-14)20(23(28)24(25)29)22(27)15-5-7-18-19(13-15)33-11-10-32-18/h4-7,12-13,21,26-27H,3,8-11H2,1-2H3/b22-20-. The zero-order valence-corrected chi connectivity index (χ0v) is 18.4. The van der Waals surface area contributed by atoms with Gasteiger partial charge in [0.25, 0.3) is 11.7 Å². The van der Waals surface area contributed by atoms with Crippen molar-refractivity contribution in [3.8, 4) is 23.0 Å². The zero-order valence-electron chi connectivity index (χ0n) is 18.4. The van der Waals surface area contributed by atoms with Gasteiger partial charge in [0, 0.05) is 25.8 Å². The number of carbonyl (C=O) groups excluding carboxylic acids is 2. The molecule has 1 atom stereocenters. The molecule has 1 amide bonds. The number of phenolic OH excluding ortho intramolecular Hbond substituents is 1. The molecule has 9 nitrogen and oxygen atoms in total. The maximum absolute atomic E-state index is 13.1. The summed E-state index contributed by atoms with van der Waals surface area (Å²) >= 11 is 0. The number of amides is 1. The molecular formula is C24H25NO8. The number of aliphatic hydroxyl groups excluding tert-OH is 1. The molecule has 0 aromatic heterocycles. The Labute approximate surface area is 190 Å². The molecule has 0 bridgehead atoms. The van der Waals surface area contributed by atoms with E-state index in [0.29, 0.717) is 48.9 Å². The average molecular weight is 455 g/mol. The Morgan fingerprint density at radius 3 is 2.55 bits per heavy atom. The molecule has 0 aliphatic carbocycles. The van der Waals surface area contributed by atoms with Crippen LogP contribution in [-0.2, 0) is 14.3 Å². The summed E-state index contributed by atoms with van der Waals surface area (Å²) < 4.78 is 21.3. The van der Waals surface area contributed by atoms with Crippen molar-refractivity contribution in [3.63, 3.8) is 0 Å². The van der Waals surface area contributed by atoms with Gasteiger partial charge in [-0.15, -0.1) is 0 Å². The second-order valence-corrected chi connectivity index (χ2v) is 7.63. The first-order valence-electron chi connectivity index (χ1n) is 10.5. The van der Waals surface area contributed by atoms with E-state index in [1.54, 1.807) is 37.4 Å². The highest BCUT2D eigenvalue weighted by molar-refractivity contribution is 6.46. The summed E-state index contributed by atoms with van der Waals surface area (Å²) in [5.74, 6) is -0.781. The van der Waals surface area contributed by atoms with Crippen LogP contribution in [0.5, 0.6) is 23.0 Å². The van der Waals surface area contributed by atoms with Crippen LogP contribution in [-0.4, -0.2) is 67.4 Å². The number of benzene rings is 2. The number of Topliss-reactive ketones (excluding diaryl/α,β-unsaturated/α-hetero) is 1. The maximum atomic E-state index is 13.1. The normalized spacial score (nSPS) is 19.1. The largest absolute Gasteiger partial charge is 0.507 e. The molecule has 2 N–H and O–H groups in total. The van der Waals surface area contributed by atoms with E-state index in [1.807, 2.05) is 0 Å². The summed E-state index contributed by atoms with van der Waals surface area (Å²) in [7, 11) is 2.97. The molecule has 1 saturated heterocycles. The van der Waals surface area contributed by atoms with Gasteiger partial charge in [-0.05, 0) is 42.3 Å². The monoisotopic (exact) mass is 455 g/mol. The van der Waals surface area contributed by atoms with E-state index in [0.717, 1.165) is 0 Å². The molecule has 0 radical (unpaired) electrons. The number of hydrogen-bond acceptors (Lipinski definition) is 8. The molecule has 0 spiro atoms. The van der Waals surface area contributed by atoms with Crippen molar-refractivity contribution in [2.75, 3.05) is 40.6 Å². The van der Waals surface area contributed by atoms with E-state index >= 15 is 0 Å². The van der Waals surface area contributed by atoms with Crippen LogP contribution in [0.4, 0.5) is 0 Å². The number of aliphatic hydroxyl groups is 1. The lowest BCUT2D eigenvalue weighted by atomic mass is 9.94. The number of hydrogen-bond donors (Lipinski definition) is 2. The van der Waals surface area contributed by atoms with E-state index in [4.69, 9.17) is 18.9 Å². The SMILES string of the molecule is COCCCN1C(=O)C(=O)/C(=C(\O)c2ccc3c(c2)OCCO3)C1c1ccc(OC)c(O)c1. The van der Waals surface area contributed by atoms with Gasteiger partial charge < -0.3 is 34.1 Å². The molecule has 174 valence electrons. The molecule has 2 heterocycles. The van der Waals surface area contributed by atoms with Crippen molar-refractivity contribution in [2.24, 2.45) is 0 Å². The number of rotatable bonds is 7. The van der Waals surface area contributed by atoms with Gasteiger partial charge in [-0.1, -0.05) is 6.07 Å². The summed E-state index contributed by atoms with van der Waals surface area (Å²) in [6.07, 6.45) is 0.492. The fourth-order valence-corrected chi connectivity index (χ4v) is 4.06. The van der Waals surface area contributed by atoms with Gasteiger partial charge in [-0.2, -0.15) is 0 Å². The molecule has 2 aliphatic rings. The van der Waals surface area contributed by atoms with E-state index < -0.39 is 17.7 Å². The number of nitrogens with zero attached hydrogens (tertiary/aromatic N) is 1. The van der Waals surface area contributed by atoms with Crippen LogP contribution in [0.3, 0.4) is 0 Å². The molecular weight excluding hydrogens is 430 g/mol. The zero-order chi connectivity index (χ0) is 23.5. The summed E-state index contributed by atoms with van der Waals surface area (Å²) in [4.78, 5) is 27.4. The van der Waals surface area contributed by atoms with Crippen molar-refractivity contribution in [1.29, 1.82) is 0 Å². The predicted octanol–water partition coefficient (Wildman–Crippen LogP) is 2.63. The topological polar surface area (TPSA) is 115 Å². The Kier molecular flexibility index (Phi) is 6.41. The molecule has 33 heavy (non-hydrogen) atoms. The summed E-state index contributed by atoms with van der Waals surface area (Å²) in [5.41, 5.74) is 0.708. The predicted molar refractivity (Wildman–Crippen MR) is 118 cm³/mol. The van der Waals surface area contributed by atoms with Gasteiger partial charge in [0.15, 0.2) is 23.0 Å². The molecule has 4 rings (SSSR count). The second kappa shape index (κ2) is 9.41. The van der Waals surface area contributed by atoms with Crippen molar-refractivity contribution in [2.45, 2.75) is 12.5 Å². The van der Waals surface area contributed by atoms with Gasteiger partial charge >= 0.3 is 0 Å². The van der Waals surface area contributed by atoms with Crippen LogP contribution < -0.4 is 14.2 Å². The summed E-state index contributed by atoms with van der Waals surface area (Å²) in [6.45, 7) is 1.41. The molecule has 1 fully saturated rings. The van der Waals surface area contributed by atoms with E-state index in [1.165, 1.54) is 18.1 Å². The van der Waals surface area contributed by atoms with Crippen LogP contribution in [0.25, 0.3) is 5.76 Å². The molecule has 2 aromatic rings. The number of aromatic hydroxyl groups is 1. The highest BCUT2D eigenvalue weighted by Crippen LogP contribution is 2.42. The number of ether oxygens (including phenoxy) is 4. The van der Waals surface area contributed by atoms with Crippen LogP contribution >= 0.6 is 0 Å². The summed E-state index contributed by atoms with van der Waals surface area (Å²) in [6, 6.07) is 8.54. The molecule has 1 unspecified atom stereocenters. The van der Waals surface area contributed by atoms with Crippen LogP contribution in [0, 0.1) is 0 Å². The first-order chi connectivity index (χ1) is 16.0. The number of carbonyl (C=O) groups is 2. The van der Waals surface area contributed by atoms with Crippen molar-refractivity contribution >= 4 is 17.4 Å². The fourth-order valence-electron chi connectivity index (χ4n) is 4.06. The number of methoxy groups -OCH3 is 2. The summed E-state index contributed by atoms with van der Waals surface area (Å²) in [5, 5.41) is 21.5. The quantitative estimate of drug-likeness (QED) is 0.283. The molecule has 2 aliphatic heterocycles. The number of likely N-dealkylation sites (tertiary alicyclic amines) is 1. The van der Waals surface area contributed by atoms with Crippen molar-refractivity contribution < 1.29 is 38.7 Å². The highest BCUT2D eigenvalue weighted by atomic mass is 16.6. The van der Waals surface area contributed by atoms with Crippen LogP contribution in [0.15, 0.2) is 42.0 Å². The minimum absolute atomic E-state index is 0.0707. The van der Waals surface area contributed by atoms with Gasteiger partial charge in [0.2, 0.25) is 0 Å². The Morgan fingerprint density at radius 1 is 1.09 bits per heavy atom. The maximum Gasteiger partial charge on any atom is 0.295 e. The molecule has 9 heteroatoms. The van der Waals surface area contributed by atoms with Crippen molar-refractivity contribution in [1.82, 2.24) is 4.90 Å². The lowest BCUT2D eigenvalue weighted by molar-refractivity contribution is -0.140. The molecule has 0 saturated carbocycles. The minimum atomic E-state index is -0.896. The van der Waals surface area contributed by atoms with Gasteiger partial charge in [-0.3, -0.25) is 9.59 Å². The van der Waals surface area contributed by atoms with Crippen LogP contribution in [0.1, 0.15) is 23.6 Å². The van der Waals surface area contributed by atoms with Crippen molar-refractivity contribution in [3.05, 3.63) is 53.1 Å². The first kappa shape index (κ1) is 22.5. The number of ketones is 1. The Morgan fingerprint density at radius 2 is 1.85 bits per heavy atom. The van der Waals surface area contributed by atoms with Crippen LogP contribution in [0.2, 0.25) is 0 Å². The lowest BCUT2D eigenvalue weighted by Gasteiger charge is -2.25. The molecule has 2 aromatic carbocycles. The minimum Gasteiger partial charge on any atom is -0.507 e. The Bertz CT molecular complexity index is 1110. The first-order valence-corrected chi connectivity index (χ1v) is 10.5. The number of phenols is 1. The number of fused-ring (bicyclic) bond motifs is 1. The van der Waals surface area contributed by atoms with Gasteiger partial charge in [0.05, 0.1) is 18.7 Å². The van der Waals surface area contributed by atoms with E-state index in [-0.39, 0.29) is 29.4 Å². The van der Waals surface area contributed by atoms with E-state index in [2.05, 4.69) is 0 Å². The van der Waals surface area contributed by atoms with Gasteiger partial charge in [-0.25, -0.2) is 0 Å². The third-order valence-corrected chi connectivity index (χ3v) is 5.62. The Balaban J connectivity index is 1.82. The van der Waals surface area contributed by atoms with Gasteiger partial charge in [0.1, 0.15) is 19.0 Å². The fraction of sp³-hybridized carbons (Fsp3) is 0.333. The average Bonchev–Trinajstić information content (AvgIpc) is 3.08. The smallest absolute Gasteiger partial charge is 0.295 e. The second-order valence-electron chi connectivity index (χ2n) is 7.63.